The molecule has 142 valence electrons. The van der Waals surface area contributed by atoms with Gasteiger partial charge in [-0.05, 0) is 47.2 Å². The molecule has 3 aromatic rings. The Morgan fingerprint density at radius 3 is 2.63 bits per heavy atom. The second kappa shape index (κ2) is 7.92. The Kier molecular flexibility index (Phi) is 5.61. The smallest absolute Gasteiger partial charge is 0.161 e. The molecule has 0 fully saturated rings. The second-order valence-corrected chi connectivity index (χ2v) is 6.48. The number of halogens is 1. The third-order valence-corrected chi connectivity index (χ3v) is 4.86. The molecule has 2 heterocycles. The van der Waals surface area contributed by atoms with Crippen molar-refractivity contribution in [2.75, 3.05) is 39.3 Å². The largest absolute Gasteiger partial charge is 0.493 e. The number of fused-ring (bicyclic) bond motifs is 2. The predicted molar refractivity (Wildman–Crippen MR) is 110 cm³/mol. The lowest BCUT2D eigenvalue weighted by Crippen LogP contribution is -2.28. The number of hydrogen-bond acceptors (Lipinski definition) is 5. The van der Waals surface area contributed by atoms with Crippen LogP contribution in [0, 0.1) is 0 Å². The number of pyridine rings is 1. The fraction of sp³-hybridized carbons (Fsp3) is 0.286. The highest BCUT2D eigenvalue weighted by molar-refractivity contribution is 5.88. The van der Waals surface area contributed by atoms with Crippen LogP contribution in [-0.4, -0.2) is 39.4 Å². The van der Waals surface area contributed by atoms with E-state index in [1.807, 2.05) is 24.5 Å². The highest BCUT2D eigenvalue weighted by atomic mass is 35.5. The maximum Gasteiger partial charge on any atom is 0.161 e. The van der Waals surface area contributed by atoms with Crippen LogP contribution >= 0.6 is 12.4 Å². The Bertz CT molecular complexity index is 962. The fourth-order valence-electron chi connectivity index (χ4n) is 3.43. The first-order valence-electron chi connectivity index (χ1n) is 8.65. The summed E-state index contributed by atoms with van der Waals surface area (Å²) in [4.78, 5) is 6.63. The van der Waals surface area contributed by atoms with E-state index in [0.29, 0.717) is 5.75 Å². The van der Waals surface area contributed by atoms with Gasteiger partial charge in [0.1, 0.15) is 12.4 Å². The topological polar surface area (TPSA) is 43.8 Å². The Balaban J connectivity index is 0.00000210. The lowest BCUT2D eigenvalue weighted by atomic mass is 9.99. The number of aromatic nitrogens is 1. The van der Waals surface area contributed by atoms with E-state index in [0.717, 1.165) is 53.1 Å². The number of benzene rings is 2. The third-order valence-electron chi connectivity index (χ3n) is 4.86. The Morgan fingerprint density at radius 1 is 1.07 bits per heavy atom. The van der Waals surface area contributed by atoms with Gasteiger partial charge in [-0.25, -0.2) is 0 Å². The van der Waals surface area contributed by atoms with Crippen LogP contribution in [-0.2, 0) is 6.42 Å². The molecular formula is C21H23ClN2O3. The molecule has 1 aliphatic rings. The van der Waals surface area contributed by atoms with Crippen LogP contribution in [0.5, 0.6) is 17.2 Å². The zero-order valence-electron chi connectivity index (χ0n) is 15.7. The van der Waals surface area contributed by atoms with Gasteiger partial charge in [0, 0.05) is 24.8 Å². The summed E-state index contributed by atoms with van der Waals surface area (Å²) < 4.78 is 16.7. The lowest BCUT2D eigenvalue weighted by molar-refractivity contribution is 0.311. The number of rotatable bonds is 4. The highest BCUT2D eigenvalue weighted by Gasteiger charge is 2.16. The normalized spacial score (nSPS) is 12.8. The zero-order chi connectivity index (χ0) is 18.1. The summed E-state index contributed by atoms with van der Waals surface area (Å²) in [7, 11) is 5.39. The molecule has 0 N–H and O–H groups in total. The predicted octanol–water partition coefficient (Wildman–Crippen LogP) is 4.09. The minimum atomic E-state index is 0. The Morgan fingerprint density at radius 2 is 1.85 bits per heavy atom. The zero-order valence-corrected chi connectivity index (χ0v) is 16.5. The van der Waals surface area contributed by atoms with Crippen molar-refractivity contribution >= 4 is 28.9 Å². The number of methoxy groups -OCH3 is 2. The van der Waals surface area contributed by atoms with Crippen LogP contribution < -0.4 is 19.1 Å². The molecule has 5 nitrogen and oxygen atoms in total. The fourth-order valence-corrected chi connectivity index (χ4v) is 3.43. The first-order valence-corrected chi connectivity index (χ1v) is 8.65. The van der Waals surface area contributed by atoms with Crippen LogP contribution in [0.25, 0.3) is 10.8 Å². The van der Waals surface area contributed by atoms with Crippen LogP contribution in [0.3, 0.4) is 0 Å². The van der Waals surface area contributed by atoms with Gasteiger partial charge in [-0.2, -0.15) is 0 Å². The number of nitrogens with zero attached hydrogens (tertiary/aromatic N) is 2. The Hall–Kier alpha value is -2.66. The standard InChI is InChI=1S/C21H22N2O3.ClH/c1-23-6-7-26-19-9-14(4-5-18(19)23)8-15-12-22-13-16-10-20(24-2)21(25-3)11-17(15)16;/h4-5,9-13H,6-8H2,1-3H3;1H. The SMILES string of the molecule is COc1cc2cncc(Cc3ccc4c(c3)OCCN4C)c2cc1OC.Cl. The summed E-state index contributed by atoms with van der Waals surface area (Å²) in [6, 6.07) is 10.4. The molecule has 0 radical (unpaired) electrons. The number of ether oxygens (including phenoxy) is 3. The first kappa shape index (κ1) is 19.1. The van der Waals surface area contributed by atoms with Crippen molar-refractivity contribution in [2.45, 2.75) is 6.42 Å². The van der Waals surface area contributed by atoms with Crippen LogP contribution in [0.1, 0.15) is 11.1 Å². The molecule has 0 saturated heterocycles. The van der Waals surface area contributed by atoms with Crippen molar-refractivity contribution < 1.29 is 14.2 Å². The maximum absolute atomic E-state index is 5.83. The molecule has 4 rings (SSSR count). The summed E-state index contributed by atoms with van der Waals surface area (Å²) in [6.45, 7) is 1.64. The number of anilines is 1. The summed E-state index contributed by atoms with van der Waals surface area (Å²) in [5, 5.41) is 2.16. The quantitative estimate of drug-likeness (QED) is 0.675. The molecule has 0 spiro atoms. The van der Waals surface area contributed by atoms with Crippen molar-refractivity contribution in [1.82, 2.24) is 4.98 Å². The number of hydrogen-bond donors (Lipinski definition) is 0. The minimum Gasteiger partial charge on any atom is -0.493 e. The summed E-state index contributed by atoms with van der Waals surface area (Å²) in [6.07, 6.45) is 4.55. The third kappa shape index (κ3) is 3.60. The van der Waals surface area contributed by atoms with E-state index in [1.165, 1.54) is 5.56 Å². The maximum atomic E-state index is 5.83. The van der Waals surface area contributed by atoms with E-state index in [9.17, 15) is 0 Å². The molecule has 0 saturated carbocycles. The van der Waals surface area contributed by atoms with Gasteiger partial charge >= 0.3 is 0 Å². The van der Waals surface area contributed by atoms with E-state index >= 15 is 0 Å². The number of likely N-dealkylation sites (N-methyl/N-ethyl adjacent to an activating group) is 1. The first-order chi connectivity index (χ1) is 12.7. The second-order valence-electron chi connectivity index (χ2n) is 6.48. The average molecular weight is 387 g/mol. The molecular weight excluding hydrogens is 364 g/mol. The van der Waals surface area contributed by atoms with Gasteiger partial charge in [0.05, 0.1) is 26.5 Å². The van der Waals surface area contributed by atoms with Crippen LogP contribution in [0.2, 0.25) is 0 Å². The summed E-state index contributed by atoms with van der Waals surface area (Å²) in [5.74, 6) is 2.38. The highest BCUT2D eigenvalue weighted by Crippen LogP contribution is 2.35. The molecule has 0 aliphatic carbocycles. The van der Waals surface area contributed by atoms with E-state index in [4.69, 9.17) is 14.2 Å². The van der Waals surface area contributed by atoms with Crippen LogP contribution in [0.15, 0.2) is 42.7 Å². The molecule has 0 unspecified atom stereocenters. The average Bonchev–Trinajstić information content (AvgIpc) is 2.67. The van der Waals surface area contributed by atoms with Crippen molar-refractivity contribution in [3.63, 3.8) is 0 Å². The Labute approximate surface area is 165 Å². The van der Waals surface area contributed by atoms with E-state index in [2.05, 4.69) is 35.1 Å². The van der Waals surface area contributed by atoms with Gasteiger partial charge in [0.2, 0.25) is 0 Å². The van der Waals surface area contributed by atoms with E-state index in [1.54, 1.807) is 14.2 Å². The summed E-state index contributed by atoms with van der Waals surface area (Å²) in [5.41, 5.74) is 3.48. The molecule has 6 heteroatoms. The van der Waals surface area contributed by atoms with Gasteiger partial charge in [-0.3, -0.25) is 4.98 Å². The molecule has 0 atom stereocenters. The molecule has 2 aromatic carbocycles. The molecule has 27 heavy (non-hydrogen) atoms. The molecule has 0 amide bonds. The molecule has 0 bridgehead atoms. The van der Waals surface area contributed by atoms with Crippen molar-refractivity contribution in [3.05, 3.63) is 53.9 Å². The monoisotopic (exact) mass is 386 g/mol. The van der Waals surface area contributed by atoms with Crippen molar-refractivity contribution in [1.29, 1.82) is 0 Å². The van der Waals surface area contributed by atoms with Gasteiger partial charge in [-0.15, -0.1) is 12.4 Å². The van der Waals surface area contributed by atoms with Crippen molar-refractivity contribution in [3.8, 4) is 17.2 Å². The molecule has 1 aliphatic heterocycles. The van der Waals surface area contributed by atoms with Crippen molar-refractivity contribution in [2.24, 2.45) is 0 Å². The van der Waals surface area contributed by atoms with Gasteiger partial charge in [-0.1, -0.05) is 6.07 Å². The van der Waals surface area contributed by atoms with E-state index < -0.39 is 0 Å². The molecule has 1 aromatic heterocycles. The van der Waals surface area contributed by atoms with Gasteiger partial charge in [0.25, 0.3) is 0 Å². The van der Waals surface area contributed by atoms with Crippen LogP contribution in [0.4, 0.5) is 5.69 Å². The van der Waals surface area contributed by atoms with Gasteiger partial charge in [0.15, 0.2) is 11.5 Å². The lowest BCUT2D eigenvalue weighted by Gasteiger charge is -2.28. The van der Waals surface area contributed by atoms with Gasteiger partial charge < -0.3 is 19.1 Å². The van der Waals surface area contributed by atoms with E-state index in [-0.39, 0.29) is 12.4 Å². The summed E-state index contributed by atoms with van der Waals surface area (Å²) >= 11 is 0. The minimum absolute atomic E-state index is 0.